The molecule has 19 heavy (non-hydrogen) atoms. The van der Waals surface area contributed by atoms with Crippen LogP contribution in [0.15, 0.2) is 0 Å². The maximum absolute atomic E-state index is 11.9. The van der Waals surface area contributed by atoms with Gasteiger partial charge in [-0.1, -0.05) is 5.21 Å². The molecule has 1 aromatic heterocycles. The third-order valence-electron chi connectivity index (χ3n) is 2.74. The van der Waals surface area contributed by atoms with Gasteiger partial charge in [0.25, 0.3) is 0 Å². The number of carbonyl (C=O) groups is 1. The summed E-state index contributed by atoms with van der Waals surface area (Å²) in [7, 11) is 0. The number of nitrogens with zero attached hydrogens (tertiary/aromatic N) is 4. The van der Waals surface area contributed by atoms with Crippen LogP contribution in [0, 0.1) is 0 Å². The first-order valence-corrected chi connectivity index (χ1v) is 5.81. The molecule has 0 aliphatic carbocycles. The normalized spacial score (nSPS) is 23.1. The molecule has 0 spiro atoms. The predicted molar refractivity (Wildman–Crippen MR) is 69.7 cm³/mol. The van der Waals surface area contributed by atoms with Crippen molar-refractivity contribution < 1.29 is 9.53 Å². The predicted octanol–water partition coefficient (Wildman–Crippen LogP) is 0.416. The molecule has 2 heterocycles. The Bertz CT molecular complexity index is 432. The van der Waals surface area contributed by atoms with E-state index in [0.29, 0.717) is 25.3 Å². The Hall–Kier alpha value is -1.41. The molecule has 1 saturated heterocycles. The number of nitrogens with one attached hydrogen (secondary N) is 1. The standard InChI is InChI=1S/C10H18N6O2.ClH/c1-9(2,3)18-8(17)16-5-4-10(11,6-16)7-12-14-15-13-7;/h4-6,11H2,1-3H3,(H,12,13,14,15);1H. The van der Waals surface area contributed by atoms with Gasteiger partial charge in [0.1, 0.15) is 5.60 Å². The quantitative estimate of drug-likeness (QED) is 0.775. The lowest BCUT2D eigenvalue weighted by atomic mass is 10.00. The van der Waals surface area contributed by atoms with Gasteiger partial charge >= 0.3 is 6.09 Å². The molecular formula is C10H19ClN6O2. The molecule has 3 N–H and O–H groups in total. The van der Waals surface area contributed by atoms with Crippen molar-refractivity contribution in [1.29, 1.82) is 0 Å². The molecule has 1 aliphatic rings. The Balaban J connectivity index is 0.00000180. The van der Waals surface area contributed by atoms with Crippen molar-refractivity contribution in [3.63, 3.8) is 0 Å². The number of likely N-dealkylation sites (tertiary alicyclic amines) is 1. The largest absolute Gasteiger partial charge is 0.444 e. The molecule has 0 saturated carbocycles. The minimum absolute atomic E-state index is 0. The molecular weight excluding hydrogens is 272 g/mol. The number of amides is 1. The van der Waals surface area contributed by atoms with Crippen LogP contribution < -0.4 is 5.73 Å². The molecule has 0 bridgehead atoms. The summed E-state index contributed by atoms with van der Waals surface area (Å²) in [6.07, 6.45) is 0.226. The van der Waals surface area contributed by atoms with Crippen LogP contribution in [-0.4, -0.2) is 50.3 Å². The number of hydrogen-bond acceptors (Lipinski definition) is 6. The second kappa shape index (κ2) is 5.30. The fraction of sp³-hybridized carbons (Fsp3) is 0.800. The number of halogens is 1. The number of aromatic nitrogens is 4. The van der Waals surface area contributed by atoms with Crippen molar-refractivity contribution in [1.82, 2.24) is 25.5 Å². The van der Waals surface area contributed by atoms with Crippen molar-refractivity contribution >= 4 is 18.5 Å². The highest BCUT2D eigenvalue weighted by molar-refractivity contribution is 5.85. The smallest absolute Gasteiger partial charge is 0.410 e. The van der Waals surface area contributed by atoms with E-state index < -0.39 is 11.1 Å². The zero-order valence-corrected chi connectivity index (χ0v) is 12.0. The number of carbonyl (C=O) groups excluding carboxylic acids is 1. The zero-order valence-electron chi connectivity index (χ0n) is 11.2. The van der Waals surface area contributed by atoms with E-state index in [9.17, 15) is 4.79 Å². The average Bonchev–Trinajstić information content (AvgIpc) is 2.83. The summed E-state index contributed by atoms with van der Waals surface area (Å²) in [5, 5.41) is 13.6. The number of ether oxygens (including phenoxy) is 1. The SMILES string of the molecule is CC(C)(C)OC(=O)N1CCC(N)(c2nn[nH]n2)C1.Cl. The molecule has 8 nitrogen and oxygen atoms in total. The van der Waals surface area contributed by atoms with Crippen LogP contribution in [0.2, 0.25) is 0 Å². The number of tetrazole rings is 1. The van der Waals surface area contributed by atoms with Crippen molar-refractivity contribution in [3.8, 4) is 0 Å². The number of H-pyrrole nitrogens is 1. The van der Waals surface area contributed by atoms with E-state index in [1.165, 1.54) is 0 Å². The van der Waals surface area contributed by atoms with Crippen LogP contribution in [0.1, 0.15) is 33.0 Å². The van der Waals surface area contributed by atoms with Gasteiger partial charge in [-0.3, -0.25) is 0 Å². The average molecular weight is 291 g/mol. The van der Waals surface area contributed by atoms with E-state index in [1.54, 1.807) is 4.90 Å². The zero-order chi connectivity index (χ0) is 13.4. The summed E-state index contributed by atoms with van der Waals surface area (Å²) in [5.74, 6) is 0.425. The van der Waals surface area contributed by atoms with E-state index in [-0.39, 0.29) is 18.5 Å². The number of aromatic amines is 1. The number of nitrogens with two attached hydrogens (primary N) is 1. The first kappa shape index (κ1) is 15.6. The van der Waals surface area contributed by atoms with Gasteiger partial charge in [-0.05, 0) is 27.2 Å². The van der Waals surface area contributed by atoms with Crippen molar-refractivity contribution in [2.45, 2.75) is 38.3 Å². The lowest BCUT2D eigenvalue weighted by Gasteiger charge is -2.25. The lowest BCUT2D eigenvalue weighted by molar-refractivity contribution is 0.0283. The van der Waals surface area contributed by atoms with Crippen LogP contribution in [0.5, 0.6) is 0 Å². The fourth-order valence-corrected chi connectivity index (χ4v) is 1.87. The lowest BCUT2D eigenvalue weighted by Crippen LogP contribution is -2.43. The Morgan fingerprint density at radius 2 is 2.21 bits per heavy atom. The third-order valence-corrected chi connectivity index (χ3v) is 2.74. The first-order valence-electron chi connectivity index (χ1n) is 5.81. The summed E-state index contributed by atoms with van der Waals surface area (Å²) in [4.78, 5) is 13.5. The Morgan fingerprint density at radius 3 is 2.74 bits per heavy atom. The van der Waals surface area contributed by atoms with E-state index >= 15 is 0 Å². The molecule has 1 aromatic rings. The molecule has 9 heteroatoms. The molecule has 1 atom stereocenters. The molecule has 0 aromatic carbocycles. The van der Waals surface area contributed by atoms with E-state index in [0.717, 1.165) is 0 Å². The molecule has 1 aliphatic heterocycles. The summed E-state index contributed by atoms with van der Waals surface area (Å²) in [5.41, 5.74) is 4.93. The maximum atomic E-state index is 11.9. The van der Waals surface area contributed by atoms with Crippen LogP contribution in [0.4, 0.5) is 4.79 Å². The minimum atomic E-state index is -0.746. The Kier molecular flexibility index (Phi) is 4.36. The Morgan fingerprint density at radius 1 is 1.53 bits per heavy atom. The first-order chi connectivity index (χ1) is 8.30. The fourth-order valence-electron chi connectivity index (χ4n) is 1.87. The molecule has 1 fully saturated rings. The van der Waals surface area contributed by atoms with E-state index in [4.69, 9.17) is 10.5 Å². The highest BCUT2D eigenvalue weighted by atomic mass is 35.5. The minimum Gasteiger partial charge on any atom is -0.444 e. The third kappa shape index (κ3) is 3.54. The van der Waals surface area contributed by atoms with Crippen LogP contribution in [-0.2, 0) is 10.3 Å². The van der Waals surface area contributed by atoms with Gasteiger partial charge in [-0.25, -0.2) is 4.79 Å². The van der Waals surface area contributed by atoms with Gasteiger partial charge in [0.2, 0.25) is 0 Å². The van der Waals surface area contributed by atoms with Crippen LogP contribution in [0.25, 0.3) is 0 Å². The monoisotopic (exact) mass is 290 g/mol. The summed E-state index contributed by atoms with van der Waals surface area (Å²) >= 11 is 0. The van der Waals surface area contributed by atoms with Gasteiger partial charge in [0.15, 0.2) is 5.82 Å². The number of rotatable bonds is 1. The second-order valence-corrected chi connectivity index (χ2v) is 5.54. The van der Waals surface area contributed by atoms with E-state index in [2.05, 4.69) is 20.6 Å². The summed E-state index contributed by atoms with van der Waals surface area (Å²) in [6, 6.07) is 0. The Labute approximate surface area is 117 Å². The molecule has 2 rings (SSSR count). The number of hydrogen-bond donors (Lipinski definition) is 2. The van der Waals surface area contributed by atoms with Crippen molar-refractivity contribution in [2.24, 2.45) is 5.73 Å². The van der Waals surface area contributed by atoms with Crippen molar-refractivity contribution in [3.05, 3.63) is 5.82 Å². The van der Waals surface area contributed by atoms with Crippen molar-refractivity contribution in [2.75, 3.05) is 13.1 Å². The van der Waals surface area contributed by atoms with Gasteiger partial charge < -0.3 is 15.4 Å². The highest BCUT2D eigenvalue weighted by Gasteiger charge is 2.42. The summed E-state index contributed by atoms with van der Waals surface area (Å²) < 4.78 is 5.30. The highest BCUT2D eigenvalue weighted by Crippen LogP contribution is 2.27. The van der Waals surface area contributed by atoms with Crippen LogP contribution in [0.3, 0.4) is 0 Å². The van der Waals surface area contributed by atoms with Gasteiger partial charge in [0.05, 0.1) is 5.54 Å². The topological polar surface area (TPSA) is 110 Å². The maximum Gasteiger partial charge on any atom is 0.410 e. The van der Waals surface area contributed by atoms with E-state index in [1.807, 2.05) is 20.8 Å². The molecule has 1 amide bonds. The van der Waals surface area contributed by atoms with Gasteiger partial charge in [-0.15, -0.1) is 22.6 Å². The summed E-state index contributed by atoms with van der Waals surface area (Å²) in [6.45, 7) is 6.35. The van der Waals surface area contributed by atoms with Gasteiger partial charge in [0, 0.05) is 13.1 Å². The van der Waals surface area contributed by atoms with Gasteiger partial charge in [-0.2, -0.15) is 5.21 Å². The second-order valence-electron chi connectivity index (χ2n) is 5.54. The molecule has 1 unspecified atom stereocenters. The molecule has 0 radical (unpaired) electrons. The van der Waals surface area contributed by atoms with Crippen LogP contribution >= 0.6 is 12.4 Å². The molecule has 108 valence electrons.